The second kappa shape index (κ2) is 9.03. The molecule has 190 valence electrons. The molecule has 0 aliphatic heterocycles. The average Bonchev–Trinajstić information content (AvgIpc) is 3.07. The lowest BCUT2D eigenvalue weighted by Crippen LogP contribution is -2.54. The SMILES string of the molecule is C[C@H](CNc1ccc(F)cc1C(F)(F)F)NS(=O)(=O)c1ncn(C)c1[C@@](O)(C(N)=O)C(F)(F)F. The van der Waals surface area contributed by atoms with Gasteiger partial charge in [-0.3, -0.25) is 4.79 Å². The number of carbonyl (C=O) groups is 1. The zero-order valence-electron chi connectivity index (χ0n) is 17.3. The van der Waals surface area contributed by atoms with Crippen molar-refractivity contribution in [1.29, 1.82) is 0 Å². The number of nitrogens with two attached hydrogens (primary N) is 1. The van der Waals surface area contributed by atoms with E-state index in [0.717, 1.165) is 26.1 Å². The minimum Gasteiger partial charge on any atom is -0.383 e. The van der Waals surface area contributed by atoms with Gasteiger partial charge >= 0.3 is 12.4 Å². The third-order valence-corrected chi connectivity index (χ3v) is 6.03. The van der Waals surface area contributed by atoms with Gasteiger partial charge in [-0.25, -0.2) is 22.5 Å². The molecule has 17 heteroatoms. The van der Waals surface area contributed by atoms with Gasteiger partial charge in [-0.05, 0) is 25.1 Å². The second-order valence-electron chi connectivity index (χ2n) is 7.17. The Bertz CT molecular complexity index is 1180. The van der Waals surface area contributed by atoms with Crippen molar-refractivity contribution in [3.8, 4) is 0 Å². The highest BCUT2D eigenvalue weighted by atomic mass is 32.2. The normalized spacial score (nSPS) is 15.6. The van der Waals surface area contributed by atoms with Gasteiger partial charge in [0.1, 0.15) is 11.5 Å². The van der Waals surface area contributed by atoms with Crippen LogP contribution in [0.2, 0.25) is 0 Å². The highest BCUT2D eigenvalue weighted by molar-refractivity contribution is 7.89. The minimum atomic E-state index is -5.72. The Morgan fingerprint density at radius 3 is 2.32 bits per heavy atom. The van der Waals surface area contributed by atoms with Crippen LogP contribution < -0.4 is 15.8 Å². The Morgan fingerprint density at radius 1 is 1.24 bits per heavy atom. The average molecular weight is 521 g/mol. The van der Waals surface area contributed by atoms with Gasteiger partial charge in [-0.2, -0.15) is 26.3 Å². The number of aromatic nitrogens is 2. The Hall–Kier alpha value is -2.92. The molecule has 0 unspecified atom stereocenters. The molecule has 0 aliphatic carbocycles. The smallest absolute Gasteiger partial charge is 0.383 e. The van der Waals surface area contributed by atoms with E-state index in [4.69, 9.17) is 5.73 Å². The van der Waals surface area contributed by atoms with E-state index in [0.29, 0.717) is 10.9 Å². The maximum Gasteiger partial charge on any atom is 0.432 e. The summed E-state index contributed by atoms with van der Waals surface area (Å²) in [5.41, 5.74) is -3.15. The number of rotatable bonds is 8. The van der Waals surface area contributed by atoms with Crippen LogP contribution in [0.3, 0.4) is 0 Å². The number of carbonyl (C=O) groups excluding carboxylic acids is 1. The molecule has 1 aromatic carbocycles. The molecule has 0 bridgehead atoms. The predicted octanol–water partition coefficient (Wildman–Crippen LogP) is 1.59. The predicted molar refractivity (Wildman–Crippen MR) is 102 cm³/mol. The van der Waals surface area contributed by atoms with Crippen LogP contribution in [-0.4, -0.2) is 47.7 Å². The maximum atomic E-state index is 13.5. The van der Waals surface area contributed by atoms with E-state index >= 15 is 0 Å². The van der Waals surface area contributed by atoms with E-state index in [-0.39, 0.29) is 6.07 Å². The molecule has 5 N–H and O–H groups in total. The van der Waals surface area contributed by atoms with Crippen LogP contribution in [0.1, 0.15) is 18.2 Å². The Morgan fingerprint density at radius 2 is 1.82 bits per heavy atom. The lowest BCUT2D eigenvalue weighted by molar-refractivity contribution is -0.258. The number of benzene rings is 1. The van der Waals surface area contributed by atoms with E-state index < -0.39 is 74.3 Å². The zero-order chi connectivity index (χ0) is 26.3. The lowest BCUT2D eigenvalue weighted by atomic mass is 9.98. The first-order valence-corrected chi connectivity index (χ1v) is 10.5. The van der Waals surface area contributed by atoms with Crippen LogP contribution in [0.5, 0.6) is 0 Å². The van der Waals surface area contributed by atoms with Crippen molar-refractivity contribution in [2.75, 3.05) is 11.9 Å². The third kappa shape index (κ3) is 5.25. The van der Waals surface area contributed by atoms with Crippen molar-refractivity contribution in [2.45, 2.75) is 35.9 Å². The number of sulfonamides is 1. The van der Waals surface area contributed by atoms with Gasteiger partial charge < -0.3 is 20.7 Å². The van der Waals surface area contributed by atoms with Crippen LogP contribution in [0, 0.1) is 5.82 Å². The Balaban J connectivity index is 2.34. The Labute approximate surface area is 187 Å². The van der Waals surface area contributed by atoms with Crippen LogP contribution in [0.4, 0.5) is 36.4 Å². The van der Waals surface area contributed by atoms with Crippen LogP contribution in [-0.2, 0) is 33.6 Å². The molecule has 1 amide bonds. The number of aryl methyl sites for hydroxylation is 1. The molecule has 0 aliphatic rings. The lowest BCUT2D eigenvalue weighted by Gasteiger charge is -2.28. The molecule has 0 saturated heterocycles. The number of alkyl halides is 6. The van der Waals surface area contributed by atoms with Crippen molar-refractivity contribution in [3.05, 3.63) is 41.6 Å². The highest BCUT2D eigenvalue weighted by Gasteiger charge is 2.63. The number of anilines is 1. The van der Waals surface area contributed by atoms with Gasteiger partial charge in [0.05, 0.1) is 11.9 Å². The maximum absolute atomic E-state index is 13.5. The quantitative estimate of drug-likeness (QED) is 0.389. The van der Waals surface area contributed by atoms with E-state index in [1.54, 1.807) is 0 Å². The molecule has 0 saturated carbocycles. The van der Waals surface area contributed by atoms with E-state index in [1.807, 2.05) is 4.72 Å². The third-order valence-electron chi connectivity index (χ3n) is 4.51. The molecule has 0 fully saturated rings. The van der Waals surface area contributed by atoms with Crippen molar-refractivity contribution >= 4 is 21.6 Å². The van der Waals surface area contributed by atoms with Crippen molar-refractivity contribution in [2.24, 2.45) is 12.8 Å². The van der Waals surface area contributed by atoms with Gasteiger partial charge in [0, 0.05) is 25.3 Å². The topological polar surface area (TPSA) is 139 Å². The summed E-state index contributed by atoms with van der Waals surface area (Å²) in [5, 5.41) is 10.9. The summed E-state index contributed by atoms with van der Waals surface area (Å²) in [5.74, 6) is -3.48. The fourth-order valence-corrected chi connectivity index (χ4v) is 4.39. The second-order valence-corrected chi connectivity index (χ2v) is 8.80. The summed E-state index contributed by atoms with van der Waals surface area (Å²) >= 11 is 0. The van der Waals surface area contributed by atoms with Gasteiger partial charge in [0.2, 0.25) is 0 Å². The van der Waals surface area contributed by atoms with E-state index in [1.165, 1.54) is 0 Å². The molecule has 34 heavy (non-hydrogen) atoms. The molecule has 0 radical (unpaired) electrons. The molecule has 1 heterocycles. The molecule has 0 spiro atoms. The summed E-state index contributed by atoms with van der Waals surface area (Å²) in [6.45, 7) is 0.615. The molecule has 2 rings (SSSR count). The molecular formula is C17H18F7N5O4S. The van der Waals surface area contributed by atoms with E-state index in [2.05, 4.69) is 10.3 Å². The summed E-state index contributed by atoms with van der Waals surface area (Å²) in [6, 6.07) is 0.457. The molecule has 2 atom stereocenters. The number of imidazole rings is 1. The van der Waals surface area contributed by atoms with Gasteiger partial charge in [-0.1, -0.05) is 0 Å². The largest absolute Gasteiger partial charge is 0.432 e. The van der Waals surface area contributed by atoms with Gasteiger partial charge in [0.25, 0.3) is 21.5 Å². The molecule has 9 nitrogen and oxygen atoms in total. The summed E-state index contributed by atoms with van der Waals surface area (Å²) < 4.78 is 121. The number of nitrogens with one attached hydrogen (secondary N) is 2. The minimum absolute atomic E-state index is 0.221. The summed E-state index contributed by atoms with van der Waals surface area (Å²) in [7, 11) is -4.09. The summed E-state index contributed by atoms with van der Waals surface area (Å²) in [6.07, 6.45) is -10.1. The van der Waals surface area contributed by atoms with Crippen molar-refractivity contribution in [1.82, 2.24) is 14.3 Å². The first-order valence-electron chi connectivity index (χ1n) is 9.06. The Kier molecular flexibility index (Phi) is 7.26. The highest BCUT2D eigenvalue weighted by Crippen LogP contribution is 2.41. The van der Waals surface area contributed by atoms with Crippen LogP contribution >= 0.6 is 0 Å². The number of aliphatic hydroxyl groups is 1. The monoisotopic (exact) mass is 521 g/mol. The first kappa shape index (κ1) is 27.3. The molecule has 1 aromatic heterocycles. The van der Waals surface area contributed by atoms with Gasteiger partial charge in [0.15, 0.2) is 5.03 Å². The number of halogens is 7. The standard InChI is InChI=1S/C17H18F7N5O4S/c1-8(6-26-11-4-3-9(18)5-10(11)16(19,20)21)28-34(32,33)13-12(29(2)7-27-13)15(31,14(25)30)17(22,23)24/h3-5,7-8,26,28,31H,6H2,1-2H3,(H2,25,30)/t8-,15-/m1/s1. The number of amides is 1. The van der Waals surface area contributed by atoms with Gasteiger partial charge in [-0.15, -0.1) is 0 Å². The van der Waals surface area contributed by atoms with Crippen molar-refractivity contribution < 1.29 is 49.1 Å². The number of nitrogens with zero attached hydrogens (tertiary/aromatic N) is 2. The zero-order valence-corrected chi connectivity index (χ0v) is 18.1. The first-order chi connectivity index (χ1) is 15.3. The number of primary amides is 1. The fourth-order valence-electron chi connectivity index (χ4n) is 2.94. The number of hydrogen-bond donors (Lipinski definition) is 4. The fraction of sp³-hybridized carbons (Fsp3) is 0.412. The molecule has 2 aromatic rings. The van der Waals surface area contributed by atoms with Crippen LogP contribution in [0.15, 0.2) is 29.6 Å². The van der Waals surface area contributed by atoms with Crippen molar-refractivity contribution in [3.63, 3.8) is 0 Å². The van der Waals surface area contributed by atoms with Crippen LogP contribution in [0.25, 0.3) is 0 Å². The molecular weight excluding hydrogens is 503 g/mol. The summed E-state index contributed by atoms with van der Waals surface area (Å²) in [4.78, 5) is 14.8. The number of hydrogen-bond acceptors (Lipinski definition) is 6. The van der Waals surface area contributed by atoms with E-state index in [9.17, 15) is 49.1 Å².